The van der Waals surface area contributed by atoms with E-state index in [2.05, 4.69) is 15.6 Å². The van der Waals surface area contributed by atoms with Crippen molar-refractivity contribution in [1.82, 2.24) is 4.98 Å². The van der Waals surface area contributed by atoms with Crippen LogP contribution in [-0.2, 0) is 4.79 Å². The lowest BCUT2D eigenvalue weighted by atomic mass is 10.3. The van der Waals surface area contributed by atoms with Gasteiger partial charge < -0.3 is 24.8 Å². The van der Waals surface area contributed by atoms with Gasteiger partial charge in [0.05, 0.1) is 26.1 Å². The Kier molecular flexibility index (Phi) is 6.30. The molecule has 1 aromatic heterocycles. The molecule has 3 aromatic rings. The van der Waals surface area contributed by atoms with Crippen LogP contribution >= 0.6 is 0 Å². The minimum absolute atomic E-state index is 0.145. The molecule has 0 radical (unpaired) electrons. The van der Waals surface area contributed by atoms with Gasteiger partial charge in [-0.15, -0.1) is 0 Å². The van der Waals surface area contributed by atoms with E-state index in [4.69, 9.17) is 14.2 Å². The van der Waals surface area contributed by atoms with Gasteiger partial charge >= 0.3 is 0 Å². The van der Waals surface area contributed by atoms with E-state index in [9.17, 15) is 4.79 Å². The van der Waals surface area contributed by atoms with Crippen molar-refractivity contribution in [3.05, 3.63) is 66.9 Å². The van der Waals surface area contributed by atoms with Crippen molar-refractivity contribution in [3.8, 4) is 17.2 Å². The number of aromatic nitrogens is 1. The van der Waals surface area contributed by atoms with Crippen LogP contribution < -0.4 is 24.8 Å². The Morgan fingerprint density at radius 3 is 2.25 bits per heavy atom. The molecule has 0 saturated carbocycles. The van der Waals surface area contributed by atoms with E-state index < -0.39 is 0 Å². The zero-order chi connectivity index (χ0) is 19.8. The second-order valence-electron chi connectivity index (χ2n) is 5.77. The van der Waals surface area contributed by atoms with Crippen molar-refractivity contribution in [3.63, 3.8) is 0 Å². The molecule has 1 amide bonds. The lowest BCUT2D eigenvalue weighted by molar-refractivity contribution is -0.118. The first-order chi connectivity index (χ1) is 13.7. The topological polar surface area (TPSA) is 81.7 Å². The molecular weight excluding hydrogens is 358 g/mol. The fraction of sp³-hybridized carbons (Fsp3) is 0.143. The van der Waals surface area contributed by atoms with Gasteiger partial charge in [0, 0.05) is 5.69 Å². The summed E-state index contributed by atoms with van der Waals surface area (Å²) >= 11 is 0. The van der Waals surface area contributed by atoms with Crippen LogP contribution in [0.1, 0.15) is 0 Å². The number of nitrogens with one attached hydrogen (secondary N) is 2. The Hall–Kier alpha value is -3.74. The standard InChI is InChI=1S/C21H21N3O4/c1-26-17-10-7-15(8-11-17)23-16-9-12-20(22-13-16)24-21(25)14-28-19-6-4-3-5-18(19)27-2/h3-13,23H,14H2,1-2H3,(H,22,24,25). The number of para-hydroxylation sites is 2. The molecule has 7 nitrogen and oxygen atoms in total. The second-order valence-corrected chi connectivity index (χ2v) is 5.77. The molecule has 0 spiro atoms. The van der Waals surface area contributed by atoms with Gasteiger partial charge in [-0.1, -0.05) is 12.1 Å². The fourth-order valence-corrected chi connectivity index (χ4v) is 2.44. The molecule has 2 aromatic carbocycles. The van der Waals surface area contributed by atoms with Crippen molar-refractivity contribution in [2.45, 2.75) is 0 Å². The Morgan fingerprint density at radius 1 is 0.893 bits per heavy atom. The number of carbonyl (C=O) groups is 1. The molecule has 28 heavy (non-hydrogen) atoms. The van der Waals surface area contributed by atoms with Crippen molar-refractivity contribution >= 4 is 23.1 Å². The van der Waals surface area contributed by atoms with Gasteiger partial charge in [0.25, 0.3) is 5.91 Å². The third-order valence-corrected chi connectivity index (χ3v) is 3.84. The van der Waals surface area contributed by atoms with Gasteiger partial charge in [0.2, 0.25) is 0 Å². The first-order valence-electron chi connectivity index (χ1n) is 8.61. The SMILES string of the molecule is COc1ccc(Nc2ccc(NC(=O)COc3ccccc3OC)nc2)cc1. The van der Waals surface area contributed by atoms with Crippen LogP contribution in [0.25, 0.3) is 0 Å². The maximum absolute atomic E-state index is 12.1. The zero-order valence-corrected chi connectivity index (χ0v) is 15.6. The molecule has 0 aliphatic heterocycles. The molecule has 7 heteroatoms. The number of nitrogens with zero attached hydrogens (tertiary/aromatic N) is 1. The minimum atomic E-state index is -0.311. The van der Waals surface area contributed by atoms with Gasteiger partial charge in [-0.25, -0.2) is 4.98 Å². The van der Waals surface area contributed by atoms with Crippen molar-refractivity contribution < 1.29 is 19.0 Å². The highest BCUT2D eigenvalue weighted by Crippen LogP contribution is 2.25. The van der Waals surface area contributed by atoms with Crippen LogP contribution in [0.2, 0.25) is 0 Å². The Balaban J connectivity index is 1.52. The number of hydrogen-bond acceptors (Lipinski definition) is 6. The first kappa shape index (κ1) is 19.0. The number of ether oxygens (including phenoxy) is 3. The molecule has 0 aliphatic carbocycles. The Bertz CT molecular complexity index is 912. The normalized spacial score (nSPS) is 10.1. The number of methoxy groups -OCH3 is 2. The van der Waals surface area contributed by atoms with Crippen LogP contribution in [0.3, 0.4) is 0 Å². The van der Waals surface area contributed by atoms with E-state index >= 15 is 0 Å². The summed E-state index contributed by atoms with van der Waals surface area (Å²) < 4.78 is 15.8. The van der Waals surface area contributed by atoms with Crippen molar-refractivity contribution in [1.29, 1.82) is 0 Å². The number of rotatable bonds is 8. The molecule has 0 unspecified atom stereocenters. The Labute approximate surface area is 163 Å². The lowest BCUT2D eigenvalue weighted by Gasteiger charge is -2.11. The maximum Gasteiger partial charge on any atom is 0.263 e. The summed E-state index contributed by atoms with van der Waals surface area (Å²) in [5.41, 5.74) is 1.71. The smallest absolute Gasteiger partial charge is 0.263 e. The van der Waals surface area contributed by atoms with E-state index in [-0.39, 0.29) is 12.5 Å². The van der Waals surface area contributed by atoms with Crippen molar-refractivity contribution in [2.75, 3.05) is 31.5 Å². The van der Waals surface area contributed by atoms with Crippen LogP contribution in [-0.4, -0.2) is 31.7 Å². The van der Waals surface area contributed by atoms with Gasteiger partial charge in [-0.3, -0.25) is 4.79 Å². The van der Waals surface area contributed by atoms with E-state index in [1.165, 1.54) is 0 Å². The number of hydrogen-bond donors (Lipinski definition) is 2. The van der Waals surface area contributed by atoms with Gasteiger partial charge in [0.15, 0.2) is 18.1 Å². The van der Waals surface area contributed by atoms with E-state index in [1.807, 2.05) is 42.5 Å². The number of benzene rings is 2. The summed E-state index contributed by atoms with van der Waals surface area (Å²) in [6.45, 7) is -0.145. The molecule has 0 atom stereocenters. The molecule has 144 valence electrons. The summed E-state index contributed by atoms with van der Waals surface area (Å²) in [4.78, 5) is 16.3. The quantitative estimate of drug-likeness (QED) is 0.619. The van der Waals surface area contributed by atoms with Crippen LogP contribution in [0.5, 0.6) is 17.2 Å². The van der Waals surface area contributed by atoms with E-state index in [0.717, 1.165) is 17.1 Å². The first-order valence-corrected chi connectivity index (χ1v) is 8.61. The summed E-state index contributed by atoms with van der Waals surface area (Å²) in [6, 6.07) is 18.2. The van der Waals surface area contributed by atoms with E-state index in [1.54, 1.807) is 38.6 Å². The molecule has 0 saturated heterocycles. The molecule has 2 N–H and O–H groups in total. The molecule has 3 rings (SSSR count). The highest BCUT2D eigenvalue weighted by Gasteiger charge is 2.08. The monoisotopic (exact) mass is 379 g/mol. The minimum Gasteiger partial charge on any atom is -0.497 e. The third kappa shape index (κ3) is 5.14. The maximum atomic E-state index is 12.1. The molecule has 0 aliphatic rings. The molecular formula is C21H21N3O4. The molecule has 0 fully saturated rings. The number of carbonyl (C=O) groups excluding carboxylic acids is 1. The summed E-state index contributed by atoms with van der Waals surface area (Å²) in [5, 5.41) is 5.92. The predicted octanol–water partition coefficient (Wildman–Crippen LogP) is 3.86. The highest BCUT2D eigenvalue weighted by molar-refractivity contribution is 5.91. The van der Waals surface area contributed by atoms with Crippen LogP contribution in [0.15, 0.2) is 66.9 Å². The Morgan fingerprint density at radius 2 is 1.61 bits per heavy atom. The van der Waals surface area contributed by atoms with Crippen molar-refractivity contribution in [2.24, 2.45) is 0 Å². The molecule has 0 bridgehead atoms. The summed E-state index contributed by atoms with van der Waals surface area (Å²) in [5.74, 6) is 2.00. The average Bonchev–Trinajstić information content (AvgIpc) is 2.74. The largest absolute Gasteiger partial charge is 0.497 e. The highest BCUT2D eigenvalue weighted by atomic mass is 16.5. The van der Waals surface area contributed by atoms with E-state index in [0.29, 0.717) is 17.3 Å². The van der Waals surface area contributed by atoms with Gasteiger partial charge in [0.1, 0.15) is 11.6 Å². The third-order valence-electron chi connectivity index (χ3n) is 3.84. The lowest BCUT2D eigenvalue weighted by Crippen LogP contribution is -2.20. The van der Waals surface area contributed by atoms with Crippen LogP contribution in [0, 0.1) is 0 Å². The van der Waals surface area contributed by atoms with Gasteiger partial charge in [-0.2, -0.15) is 0 Å². The number of amides is 1. The van der Waals surface area contributed by atoms with Gasteiger partial charge in [-0.05, 0) is 48.5 Å². The summed E-state index contributed by atoms with van der Waals surface area (Å²) in [7, 11) is 3.18. The fourth-order valence-electron chi connectivity index (χ4n) is 2.44. The number of anilines is 3. The zero-order valence-electron chi connectivity index (χ0n) is 15.6. The predicted molar refractivity (Wildman–Crippen MR) is 108 cm³/mol. The van der Waals surface area contributed by atoms with Crippen LogP contribution in [0.4, 0.5) is 17.2 Å². The molecule has 1 heterocycles. The second kappa shape index (κ2) is 9.27. The summed E-state index contributed by atoms with van der Waals surface area (Å²) in [6.07, 6.45) is 1.64. The average molecular weight is 379 g/mol. The number of pyridine rings is 1.